The number of nitrogens with one attached hydrogen (secondary N) is 1. The van der Waals surface area contributed by atoms with Crippen LogP contribution in [0.5, 0.6) is 11.5 Å². The molecular weight excluding hydrogens is 262 g/mol. The molecule has 1 fully saturated rings. The van der Waals surface area contributed by atoms with Crippen LogP contribution in [0.2, 0.25) is 0 Å². The Bertz CT molecular complexity index is 408. The Hall–Kier alpha value is -1.22. The Morgan fingerprint density at radius 2 is 1.71 bits per heavy atom. The normalized spacial score (nSPS) is 22.0. The van der Waals surface area contributed by atoms with Crippen LogP contribution in [0.1, 0.15) is 46.0 Å². The van der Waals surface area contributed by atoms with Crippen molar-refractivity contribution in [3.63, 3.8) is 0 Å². The van der Waals surface area contributed by atoms with Crippen molar-refractivity contribution in [2.24, 2.45) is 5.92 Å². The smallest absolute Gasteiger partial charge is 0.161 e. The maximum atomic E-state index is 5.87. The van der Waals surface area contributed by atoms with Gasteiger partial charge >= 0.3 is 0 Å². The highest BCUT2D eigenvalue weighted by atomic mass is 16.5. The summed E-state index contributed by atoms with van der Waals surface area (Å²) in [4.78, 5) is 0. The first kappa shape index (κ1) is 16.2. The number of ether oxygens (including phenoxy) is 2. The molecule has 1 saturated carbocycles. The fourth-order valence-electron chi connectivity index (χ4n) is 2.93. The molecule has 0 bridgehead atoms. The van der Waals surface area contributed by atoms with Crippen LogP contribution in [-0.4, -0.2) is 25.8 Å². The molecule has 0 aromatic heterocycles. The largest absolute Gasteiger partial charge is 0.490 e. The minimum atomic E-state index is 0.661. The second-order valence-electron chi connectivity index (χ2n) is 5.97. The monoisotopic (exact) mass is 291 g/mol. The molecule has 0 saturated heterocycles. The van der Waals surface area contributed by atoms with Gasteiger partial charge in [-0.15, -0.1) is 0 Å². The van der Waals surface area contributed by atoms with Crippen LogP contribution in [0.3, 0.4) is 0 Å². The molecule has 0 heterocycles. The average Bonchev–Trinajstić information content (AvgIpc) is 2.52. The molecule has 3 nitrogen and oxygen atoms in total. The predicted octanol–water partition coefficient (Wildman–Crippen LogP) is 4.02. The molecule has 2 unspecified atom stereocenters. The van der Waals surface area contributed by atoms with Crippen molar-refractivity contribution in [2.45, 2.75) is 52.0 Å². The van der Waals surface area contributed by atoms with Gasteiger partial charge < -0.3 is 14.8 Å². The fraction of sp³-hybridized carbons (Fsp3) is 0.667. The summed E-state index contributed by atoms with van der Waals surface area (Å²) in [5, 5.41) is 3.64. The van der Waals surface area contributed by atoms with E-state index < -0.39 is 0 Å². The molecule has 1 N–H and O–H groups in total. The van der Waals surface area contributed by atoms with Crippen LogP contribution < -0.4 is 14.8 Å². The van der Waals surface area contributed by atoms with Gasteiger partial charge in [-0.25, -0.2) is 0 Å². The van der Waals surface area contributed by atoms with Gasteiger partial charge in [-0.1, -0.05) is 38.8 Å². The van der Waals surface area contributed by atoms with E-state index in [-0.39, 0.29) is 0 Å². The maximum Gasteiger partial charge on any atom is 0.161 e. The highest BCUT2D eigenvalue weighted by Gasteiger charge is 2.20. The Labute approximate surface area is 129 Å². The molecule has 21 heavy (non-hydrogen) atoms. The summed E-state index contributed by atoms with van der Waals surface area (Å²) in [7, 11) is 0. The SMILES string of the molecule is CCCOc1ccccc1OCCNC1CCCCC1C. The Kier molecular flexibility index (Phi) is 6.87. The zero-order valence-corrected chi connectivity index (χ0v) is 13.4. The lowest BCUT2D eigenvalue weighted by Crippen LogP contribution is -2.39. The Morgan fingerprint density at radius 3 is 2.38 bits per heavy atom. The molecule has 0 spiro atoms. The number of benzene rings is 1. The third-order valence-electron chi connectivity index (χ3n) is 4.19. The van der Waals surface area contributed by atoms with Gasteiger partial charge in [0.1, 0.15) is 6.61 Å². The van der Waals surface area contributed by atoms with Gasteiger partial charge in [0.2, 0.25) is 0 Å². The predicted molar refractivity (Wildman–Crippen MR) is 87.1 cm³/mol. The van der Waals surface area contributed by atoms with Crippen molar-refractivity contribution in [1.29, 1.82) is 0 Å². The van der Waals surface area contributed by atoms with Gasteiger partial charge in [0.15, 0.2) is 11.5 Å². The lowest BCUT2D eigenvalue weighted by Gasteiger charge is -2.29. The lowest BCUT2D eigenvalue weighted by molar-refractivity contribution is 0.240. The van der Waals surface area contributed by atoms with Crippen molar-refractivity contribution in [2.75, 3.05) is 19.8 Å². The van der Waals surface area contributed by atoms with Crippen LogP contribution in [0.15, 0.2) is 24.3 Å². The lowest BCUT2D eigenvalue weighted by atomic mass is 9.86. The Morgan fingerprint density at radius 1 is 1.05 bits per heavy atom. The van der Waals surface area contributed by atoms with Crippen molar-refractivity contribution in [3.05, 3.63) is 24.3 Å². The number of para-hydroxylation sites is 2. The van der Waals surface area contributed by atoms with Crippen molar-refractivity contribution >= 4 is 0 Å². The van der Waals surface area contributed by atoms with Gasteiger partial charge in [0.25, 0.3) is 0 Å². The topological polar surface area (TPSA) is 30.5 Å². The first-order chi connectivity index (χ1) is 10.3. The molecule has 0 aliphatic heterocycles. The summed E-state index contributed by atoms with van der Waals surface area (Å²) >= 11 is 0. The average molecular weight is 291 g/mol. The fourth-order valence-corrected chi connectivity index (χ4v) is 2.93. The van der Waals surface area contributed by atoms with Crippen molar-refractivity contribution < 1.29 is 9.47 Å². The minimum Gasteiger partial charge on any atom is -0.490 e. The third-order valence-corrected chi connectivity index (χ3v) is 4.19. The van der Waals surface area contributed by atoms with E-state index in [9.17, 15) is 0 Å². The number of rotatable bonds is 8. The quantitative estimate of drug-likeness (QED) is 0.734. The summed E-state index contributed by atoms with van der Waals surface area (Å²) in [6, 6.07) is 8.59. The molecule has 118 valence electrons. The van der Waals surface area contributed by atoms with Crippen LogP contribution in [0.25, 0.3) is 0 Å². The first-order valence-electron chi connectivity index (χ1n) is 8.39. The van der Waals surface area contributed by atoms with E-state index in [1.165, 1.54) is 25.7 Å². The summed E-state index contributed by atoms with van der Waals surface area (Å²) in [6.07, 6.45) is 6.41. The number of hydrogen-bond acceptors (Lipinski definition) is 3. The van der Waals surface area contributed by atoms with Gasteiger partial charge in [-0.05, 0) is 37.3 Å². The third kappa shape index (κ3) is 5.24. The molecular formula is C18H29NO2. The van der Waals surface area contributed by atoms with E-state index in [2.05, 4.69) is 19.2 Å². The standard InChI is InChI=1S/C18H29NO2/c1-3-13-20-17-10-6-7-11-18(17)21-14-12-19-16-9-5-4-8-15(16)2/h6-7,10-11,15-16,19H,3-5,8-9,12-14H2,1-2H3. The molecule has 2 rings (SSSR count). The van der Waals surface area contributed by atoms with Crippen LogP contribution in [-0.2, 0) is 0 Å². The first-order valence-corrected chi connectivity index (χ1v) is 8.39. The molecule has 0 amide bonds. The summed E-state index contributed by atoms with van der Waals surface area (Å²) < 4.78 is 11.6. The highest BCUT2D eigenvalue weighted by molar-refractivity contribution is 5.39. The Balaban J connectivity index is 1.73. The summed E-state index contributed by atoms with van der Waals surface area (Å²) in [5.41, 5.74) is 0. The number of hydrogen-bond donors (Lipinski definition) is 1. The summed E-state index contributed by atoms with van der Waals surface area (Å²) in [6.45, 7) is 6.79. The second-order valence-corrected chi connectivity index (χ2v) is 5.97. The van der Waals surface area contributed by atoms with Crippen LogP contribution in [0.4, 0.5) is 0 Å². The van der Waals surface area contributed by atoms with E-state index in [1.54, 1.807) is 0 Å². The second kappa shape index (κ2) is 8.93. The highest BCUT2D eigenvalue weighted by Crippen LogP contribution is 2.26. The van der Waals surface area contributed by atoms with Gasteiger partial charge in [-0.3, -0.25) is 0 Å². The molecule has 2 atom stereocenters. The molecule has 1 aliphatic rings. The zero-order valence-electron chi connectivity index (χ0n) is 13.4. The molecule has 1 aliphatic carbocycles. The van der Waals surface area contributed by atoms with Crippen LogP contribution >= 0.6 is 0 Å². The maximum absolute atomic E-state index is 5.87. The molecule has 0 radical (unpaired) electrons. The van der Waals surface area contributed by atoms with E-state index in [0.717, 1.165) is 37.0 Å². The molecule has 1 aromatic rings. The van der Waals surface area contributed by atoms with Gasteiger partial charge in [0, 0.05) is 12.6 Å². The van der Waals surface area contributed by atoms with E-state index in [0.29, 0.717) is 12.6 Å². The van der Waals surface area contributed by atoms with Gasteiger partial charge in [-0.2, -0.15) is 0 Å². The van der Waals surface area contributed by atoms with E-state index in [1.807, 2.05) is 24.3 Å². The van der Waals surface area contributed by atoms with Gasteiger partial charge in [0.05, 0.1) is 6.61 Å². The zero-order chi connectivity index (χ0) is 14.9. The van der Waals surface area contributed by atoms with Crippen molar-refractivity contribution in [3.8, 4) is 11.5 Å². The van der Waals surface area contributed by atoms with E-state index >= 15 is 0 Å². The summed E-state index contributed by atoms with van der Waals surface area (Å²) in [5.74, 6) is 2.49. The van der Waals surface area contributed by atoms with Crippen molar-refractivity contribution in [1.82, 2.24) is 5.32 Å². The molecule has 1 aromatic carbocycles. The minimum absolute atomic E-state index is 0.661. The van der Waals surface area contributed by atoms with Crippen LogP contribution in [0, 0.1) is 5.92 Å². The molecule has 3 heteroatoms. The van der Waals surface area contributed by atoms with E-state index in [4.69, 9.17) is 9.47 Å².